The van der Waals surface area contributed by atoms with Gasteiger partial charge in [0.25, 0.3) is 0 Å². The molecule has 3 rings (SSSR count). The normalized spacial score (nSPS) is 23.1. The molecule has 0 atom stereocenters. The lowest BCUT2D eigenvalue weighted by Gasteiger charge is -2.34. The summed E-state index contributed by atoms with van der Waals surface area (Å²) in [6, 6.07) is 0. The number of rotatable bonds is 3. The summed E-state index contributed by atoms with van der Waals surface area (Å²) in [5, 5.41) is 1.08. The first kappa shape index (κ1) is 11.9. The molecule has 1 aliphatic carbocycles. The first-order chi connectivity index (χ1) is 8.69. The van der Waals surface area contributed by atoms with Gasteiger partial charge in [-0.2, -0.15) is 0 Å². The average Bonchev–Trinajstić information content (AvgIpc) is 2.60. The molecule has 0 unspecified atom stereocenters. The SMILES string of the molecule is Cc1sc2ncnc(OC3CC(CN)C3)c2c1C. The van der Waals surface area contributed by atoms with Crippen LogP contribution < -0.4 is 10.5 Å². The third-order valence-corrected chi connectivity index (χ3v) is 4.85. The Bertz CT molecular complexity index is 575. The second kappa shape index (κ2) is 4.48. The Morgan fingerprint density at radius 2 is 2.17 bits per heavy atom. The van der Waals surface area contributed by atoms with Crippen molar-refractivity contribution >= 4 is 21.6 Å². The molecular formula is C13H17N3OS. The van der Waals surface area contributed by atoms with E-state index in [9.17, 15) is 0 Å². The van der Waals surface area contributed by atoms with Crippen LogP contribution in [0.4, 0.5) is 0 Å². The van der Waals surface area contributed by atoms with Crippen LogP contribution in [0.15, 0.2) is 6.33 Å². The zero-order valence-electron chi connectivity index (χ0n) is 10.6. The van der Waals surface area contributed by atoms with E-state index in [1.54, 1.807) is 17.7 Å². The van der Waals surface area contributed by atoms with E-state index < -0.39 is 0 Å². The second-order valence-electron chi connectivity index (χ2n) is 4.96. The van der Waals surface area contributed by atoms with E-state index in [1.165, 1.54) is 10.4 Å². The first-order valence-electron chi connectivity index (χ1n) is 6.26. The van der Waals surface area contributed by atoms with Gasteiger partial charge in [-0.05, 0) is 44.7 Å². The maximum atomic E-state index is 5.99. The Morgan fingerprint density at radius 3 is 2.89 bits per heavy atom. The maximum absolute atomic E-state index is 5.99. The summed E-state index contributed by atoms with van der Waals surface area (Å²) >= 11 is 1.70. The minimum absolute atomic E-state index is 0.274. The quantitative estimate of drug-likeness (QED) is 0.924. The summed E-state index contributed by atoms with van der Waals surface area (Å²) in [5.74, 6) is 1.36. The van der Waals surface area contributed by atoms with Crippen LogP contribution >= 0.6 is 11.3 Å². The van der Waals surface area contributed by atoms with Crippen LogP contribution in [0.5, 0.6) is 5.88 Å². The fraction of sp³-hybridized carbons (Fsp3) is 0.538. The van der Waals surface area contributed by atoms with Gasteiger partial charge in [0.05, 0.1) is 5.39 Å². The fourth-order valence-electron chi connectivity index (χ4n) is 2.36. The predicted octanol–water partition coefficient (Wildman–Crippen LogP) is 2.42. The molecule has 0 spiro atoms. The van der Waals surface area contributed by atoms with Gasteiger partial charge < -0.3 is 10.5 Å². The molecule has 2 aromatic rings. The van der Waals surface area contributed by atoms with Gasteiger partial charge in [0.2, 0.25) is 5.88 Å². The number of thiophene rings is 1. The molecule has 2 aromatic heterocycles. The highest BCUT2D eigenvalue weighted by molar-refractivity contribution is 7.18. The Kier molecular flexibility index (Phi) is 2.95. The topological polar surface area (TPSA) is 61.0 Å². The molecule has 1 saturated carbocycles. The lowest BCUT2D eigenvalue weighted by atomic mass is 9.82. The zero-order chi connectivity index (χ0) is 12.7. The van der Waals surface area contributed by atoms with Crippen molar-refractivity contribution < 1.29 is 4.74 Å². The monoisotopic (exact) mass is 263 g/mol. The van der Waals surface area contributed by atoms with Crippen molar-refractivity contribution in [3.8, 4) is 5.88 Å². The minimum atomic E-state index is 0.274. The van der Waals surface area contributed by atoms with Crippen molar-refractivity contribution in [3.05, 3.63) is 16.8 Å². The van der Waals surface area contributed by atoms with Crippen LogP contribution in [-0.2, 0) is 0 Å². The molecule has 0 aliphatic heterocycles. The summed E-state index contributed by atoms with van der Waals surface area (Å²) in [7, 11) is 0. The molecule has 1 aliphatic rings. The molecular weight excluding hydrogens is 246 g/mol. The van der Waals surface area contributed by atoms with Gasteiger partial charge in [-0.1, -0.05) is 0 Å². The number of aromatic nitrogens is 2. The van der Waals surface area contributed by atoms with Gasteiger partial charge in [-0.3, -0.25) is 0 Å². The predicted molar refractivity (Wildman–Crippen MR) is 73.1 cm³/mol. The molecule has 0 saturated heterocycles. The van der Waals surface area contributed by atoms with Gasteiger partial charge in [0.15, 0.2) is 0 Å². The molecule has 1 fully saturated rings. The maximum Gasteiger partial charge on any atom is 0.225 e. The van der Waals surface area contributed by atoms with E-state index in [1.807, 2.05) is 0 Å². The molecule has 2 N–H and O–H groups in total. The highest BCUT2D eigenvalue weighted by Gasteiger charge is 2.30. The number of aryl methyl sites for hydroxylation is 2. The van der Waals surface area contributed by atoms with E-state index in [4.69, 9.17) is 10.5 Å². The fourth-order valence-corrected chi connectivity index (χ4v) is 3.35. The van der Waals surface area contributed by atoms with E-state index in [0.717, 1.165) is 35.5 Å². The van der Waals surface area contributed by atoms with Crippen LogP contribution in [0.3, 0.4) is 0 Å². The number of ether oxygens (including phenoxy) is 1. The molecule has 2 heterocycles. The number of nitrogens with two attached hydrogens (primary N) is 1. The lowest BCUT2D eigenvalue weighted by Crippen LogP contribution is -2.37. The highest BCUT2D eigenvalue weighted by Crippen LogP contribution is 2.36. The van der Waals surface area contributed by atoms with Crippen LogP contribution in [0.25, 0.3) is 10.2 Å². The van der Waals surface area contributed by atoms with Crippen molar-refractivity contribution in [1.82, 2.24) is 9.97 Å². The van der Waals surface area contributed by atoms with Gasteiger partial charge >= 0.3 is 0 Å². The van der Waals surface area contributed by atoms with Crippen LogP contribution in [0.1, 0.15) is 23.3 Å². The Morgan fingerprint density at radius 1 is 1.39 bits per heavy atom. The van der Waals surface area contributed by atoms with Crippen molar-refractivity contribution in [1.29, 1.82) is 0 Å². The van der Waals surface area contributed by atoms with Crippen LogP contribution in [-0.4, -0.2) is 22.6 Å². The number of hydrogen-bond donors (Lipinski definition) is 1. The summed E-state index contributed by atoms with van der Waals surface area (Å²) in [4.78, 5) is 10.9. The number of nitrogens with zero attached hydrogens (tertiary/aromatic N) is 2. The van der Waals surface area contributed by atoms with E-state index >= 15 is 0 Å². The third kappa shape index (κ3) is 1.87. The average molecular weight is 263 g/mol. The third-order valence-electron chi connectivity index (χ3n) is 3.73. The Hall–Kier alpha value is -1.20. The molecule has 5 heteroatoms. The van der Waals surface area contributed by atoms with Crippen molar-refractivity contribution in [2.24, 2.45) is 11.7 Å². The summed E-state index contributed by atoms with van der Waals surface area (Å²) in [6.07, 6.45) is 3.96. The van der Waals surface area contributed by atoms with Crippen LogP contribution in [0.2, 0.25) is 0 Å². The van der Waals surface area contributed by atoms with Crippen molar-refractivity contribution in [2.45, 2.75) is 32.8 Å². The van der Waals surface area contributed by atoms with Gasteiger partial charge in [-0.15, -0.1) is 11.3 Å². The molecule has 18 heavy (non-hydrogen) atoms. The van der Waals surface area contributed by atoms with Crippen molar-refractivity contribution in [3.63, 3.8) is 0 Å². The van der Waals surface area contributed by atoms with Gasteiger partial charge in [0.1, 0.15) is 17.3 Å². The van der Waals surface area contributed by atoms with Gasteiger partial charge in [0, 0.05) is 4.88 Å². The molecule has 0 aromatic carbocycles. The lowest BCUT2D eigenvalue weighted by molar-refractivity contribution is 0.0663. The Labute approximate surface area is 110 Å². The van der Waals surface area contributed by atoms with E-state index in [2.05, 4.69) is 23.8 Å². The largest absolute Gasteiger partial charge is 0.474 e. The van der Waals surface area contributed by atoms with E-state index in [0.29, 0.717) is 5.92 Å². The van der Waals surface area contributed by atoms with E-state index in [-0.39, 0.29) is 6.10 Å². The first-order valence-corrected chi connectivity index (χ1v) is 7.08. The standard InChI is InChI=1S/C13H17N3OS/c1-7-8(2)18-13-11(7)12(15-6-16-13)17-10-3-9(4-10)5-14/h6,9-10H,3-5,14H2,1-2H3. The highest BCUT2D eigenvalue weighted by atomic mass is 32.1. The summed E-state index contributed by atoms with van der Waals surface area (Å²) in [6.45, 7) is 4.97. The number of hydrogen-bond acceptors (Lipinski definition) is 5. The molecule has 0 radical (unpaired) electrons. The smallest absolute Gasteiger partial charge is 0.225 e. The number of fused-ring (bicyclic) bond motifs is 1. The summed E-state index contributed by atoms with van der Waals surface area (Å²) in [5.41, 5.74) is 6.86. The summed E-state index contributed by atoms with van der Waals surface area (Å²) < 4.78 is 5.99. The minimum Gasteiger partial charge on any atom is -0.474 e. The molecule has 96 valence electrons. The molecule has 0 bridgehead atoms. The molecule has 0 amide bonds. The zero-order valence-corrected chi connectivity index (χ0v) is 11.5. The van der Waals surface area contributed by atoms with Crippen LogP contribution in [0, 0.1) is 19.8 Å². The van der Waals surface area contributed by atoms with Crippen molar-refractivity contribution in [2.75, 3.05) is 6.54 Å². The Balaban J connectivity index is 1.88. The molecule has 4 nitrogen and oxygen atoms in total. The van der Waals surface area contributed by atoms with Gasteiger partial charge in [-0.25, -0.2) is 9.97 Å². The second-order valence-corrected chi connectivity index (χ2v) is 6.16.